The van der Waals surface area contributed by atoms with Gasteiger partial charge in [-0.15, -0.1) is 0 Å². The van der Waals surface area contributed by atoms with Gasteiger partial charge in [0.1, 0.15) is 0 Å². The van der Waals surface area contributed by atoms with Crippen molar-refractivity contribution in [2.75, 3.05) is 19.6 Å². The highest BCUT2D eigenvalue weighted by Gasteiger charge is 2.26. The Kier molecular flexibility index (Phi) is 4.49. The van der Waals surface area contributed by atoms with Crippen LogP contribution in [0, 0.1) is 17.2 Å². The fraction of sp³-hybridized carbons (Fsp3) is 0.400. The molecule has 1 fully saturated rings. The van der Waals surface area contributed by atoms with Gasteiger partial charge < -0.3 is 5.11 Å². The second-order valence-corrected chi connectivity index (χ2v) is 5.02. The average Bonchev–Trinajstić information content (AvgIpc) is 2.47. The number of rotatable bonds is 4. The van der Waals surface area contributed by atoms with Crippen molar-refractivity contribution in [3.63, 3.8) is 0 Å². The van der Waals surface area contributed by atoms with E-state index in [4.69, 9.17) is 10.4 Å². The number of nitrogens with zero attached hydrogens (tertiary/aromatic N) is 2. The largest absolute Gasteiger partial charge is 0.481 e. The Morgan fingerprint density at radius 2 is 2.05 bits per heavy atom. The number of hydrogen-bond acceptors (Lipinski definition) is 4. The number of carbonyl (C=O) groups is 2. The van der Waals surface area contributed by atoms with Crippen LogP contribution >= 0.6 is 0 Å². The lowest BCUT2D eigenvalue weighted by atomic mass is 9.97. The van der Waals surface area contributed by atoms with E-state index in [1.54, 1.807) is 24.3 Å². The number of Topliss-reactive ketones (excluding diaryl/α,β-unsaturated/α-hetero) is 1. The van der Waals surface area contributed by atoms with Crippen molar-refractivity contribution >= 4 is 11.8 Å². The minimum atomic E-state index is -0.791. The highest BCUT2D eigenvalue weighted by Crippen LogP contribution is 2.17. The Morgan fingerprint density at radius 1 is 1.35 bits per heavy atom. The molecule has 1 N–H and O–H groups in total. The summed E-state index contributed by atoms with van der Waals surface area (Å²) in [5.74, 6) is -1.21. The third-order valence-electron chi connectivity index (χ3n) is 3.56. The molecule has 0 amide bonds. The molecule has 1 atom stereocenters. The molecule has 104 valence electrons. The van der Waals surface area contributed by atoms with Gasteiger partial charge in [-0.2, -0.15) is 5.26 Å². The number of ketones is 1. The summed E-state index contributed by atoms with van der Waals surface area (Å²) < 4.78 is 0. The molecule has 1 heterocycles. The normalized spacial score (nSPS) is 19.2. The first kappa shape index (κ1) is 14.2. The predicted molar refractivity (Wildman–Crippen MR) is 72.3 cm³/mol. The maximum absolute atomic E-state index is 12.1. The molecule has 20 heavy (non-hydrogen) atoms. The van der Waals surface area contributed by atoms with Gasteiger partial charge in [0, 0.05) is 12.1 Å². The summed E-state index contributed by atoms with van der Waals surface area (Å²) in [7, 11) is 0. The lowest BCUT2D eigenvalue weighted by molar-refractivity contribution is -0.143. The van der Waals surface area contributed by atoms with Gasteiger partial charge in [0.05, 0.1) is 24.1 Å². The highest BCUT2D eigenvalue weighted by molar-refractivity contribution is 5.97. The van der Waals surface area contributed by atoms with E-state index in [0.717, 1.165) is 13.0 Å². The van der Waals surface area contributed by atoms with Crippen LogP contribution in [0.2, 0.25) is 0 Å². The fourth-order valence-electron chi connectivity index (χ4n) is 2.43. The van der Waals surface area contributed by atoms with E-state index in [1.165, 1.54) is 0 Å². The number of likely N-dealkylation sites (tertiary alicyclic amines) is 1. The first-order valence-corrected chi connectivity index (χ1v) is 6.58. The molecule has 0 unspecified atom stereocenters. The van der Waals surface area contributed by atoms with Crippen LogP contribution in [0.5, 0.6) is 0 Å². The molecule has 0 radical (unpaired) electrons. The molecule has 0 bridgehead atoms. The Morgan fingerprint density at radius 3 is 2.65 bits per heavy atom. The van der Waals surface area contributed by atoms with Gasteiger partial charge in [0.25, 0.3) is 0 Å². The summed E-state index contributed by atoms with van der Waals surface area (Å²) in [5.41, 5.74) is 1.08. The smallest absolute Gasteiger partial charge is 0.307 e. The van der Waals surface area contributed by atoms with E-state index in [1.807, 2.05) is 11.0 Å². The van der Waals surface area contributed by atoms with Crippen LogP contribution < -0.4 is 0 Å². The van der Waals surface area contributed by atoms with Crippen LogP contribution in [0.15, 0.2) is 24.3 Å². The third kappa shape index (κ3) is 3.43. The molecule has 5 nitrogen and oxygen atoms in total. The second-order valence-electron chi connectivity index (χ2n) is 5.02. The Hall–Kier alpha value is -2.19. The third-order valence-corrected chi connectivity index (χ3v) is 3.56. The Balaban J connectivity index is 1.96. The van der Waals surface area contributed by atoms with Gasteiger partial charge in [-0.1, -0.05) is 12.1 Å². The number of carboxylic acids is 1. The number of hydrogen-bond donors (Lipinski definition) is 1. The van der Waals surface area contributed by atoms with Gasteiger partial charge in [-0.25, -0.2) is 0 Å². The van der Waals surface area contributed by atoms with E-state index < -0.39 is 5.97 Å². The summed E-state index contributed by atoms with van der Waals surface area (Å²) in [5, 5.41) is 17.7. The van der Waals surface area contributed by atoms with E-state index in [-0.39, 0.29) is 18.2 Å². The second kappa shape index (κ2) is 6.31. The number of carbonyl (C=O) groups excluding carboxylic acids is 1. The monoisotopic (exact) mass is 272 g/mol. The summed E-state index contributed by atoms with van der Waals surface area (Å²) >= 11 is 0. The quantitative estimate of drug-likeness (QED) is 0.841. The predicted octanol–water partition coefficient (Wildman–Crippen LogP) is 1.54. The van der Waals surface area contributed by atoms with E-state index in [9.17, 15) is 9.59 Å². The number of nitriles is 1. The number of piperidine rings is 1. The van der Waals surface area contributed by atoms with Crippen molar-refractivity contribution in [3.8, 4) is 6.07 Å². The van der Waals surface area contributed by atoms with Crippen molar-refractivity contribution < 1.29 is 14.7 Å². The van der Waals surface area contributed by atoms with Crippen LogP contribution in [0.1, 0.15) is 28.8 Å². The molecule has 5 heteroatoms. The topological polar surface area (TPSA) is 81.4 Å². The van der Waals surface area contributed by atoms with Gasteiger partial charge in [0.2, 0.25) is 0 Å². The van der Waals surface area contributed by atoms with E-state index in [2.05, 4.69) is 0 Å². The van der Waals surface area contributed by atoms with Crippen LogP contribution in [-0.2, 0) is 4.79 Å². The van der Waals surface area contributed by atoms with Crippen molar-refractivity contribution in [1.82, 2.24) is 4.90 Å². The zero-order valence-electron chi connectivity index (χ0n) is 11.1. The minimum Gasteiger partial charge on any atom is -0.481 e. The molecule has 0 aliphatic carbocycles. The molecule has 1 aromatic rings. The first-order chi connectivity index (χ1) is 9.60. The van der Waals surface area contributed by atoms with Gasteiger partial charge in [-0.3, -0.25) is 14.5 Å². The summed E-state index contributed by atoms with van der Waals surface area (Å²) in [6, 6.07) is 8.51. The molecule has 1 aliphatic heterocycles. The van der Waals surface area contributed by atoms with Gasteiger partial charge in [-0.05, 0) is 31.5 Å². The molecular formula is C15H16N2O3. The summed E-state index contributed by atoms with van der Waals surface area (Å²) in [6.07, 6.45) is 1.48. The van der Waals surface area contributed by atoms with Crippen LogP contribution in [0.4, 0.5) is 0 Å². The lowest BCUT2D eigenvalue weighted by Gasteiger charge is -2.29. The van der Waals surface area contributed by atoms with E-state index in [0.29, 0.717) is 24.1 Å². The number of benzene rings is 1. The molecular weight excluding hydrogens is 256 g/mol. The fourth-order valence-corrected chi connectivity index (χ4v) is 2.43. The standard InChI is InChI=1S/C15H16N2O3/c16-8-11-3-5-12(6-4-11)14(18)10-17-7-1-2-13(9-17)15(19)20/h3-6,13H,1-2,7,9-10H2,(H,19,20)/t13-/m0/s1. The average molecular weight is 272 g/mol. The zero-order chi connectivity index (χ0) is 14.5. The Labute approximate surface area is 117 Å². The maximum Gasteiger partial charge on any atom is 0.307 e. The van der Waals surface area contributed by atoms with Crippen molar-refractivity contribution in [3.05, 3.63) is 35.4 Å². The minimum absolute atomic E-state index is 0.0412. The van der Waals surface area contributed by atoms with Crippen LogP contribution in [0.25, 0.3) is 0 Å². The SMILES string of the molecule is N#Cc1ccc(C(=O)CN2CCC[C@H](C(=O)O)C2)cc1. The summed E-state index contributed by atoms with van der Waals surface area (Å²) in [4.78, 5) is 25.0. The molecule has 2 rings (SSSR count). The van der Waals surface area contributed by atoms with Gasteiger partial charge in [0.15, 0.2) is 5.78 Å². The van der Waals surface area contributed by atoms with Crippen LogP contribution in [0.3, 0.4) is 0 Å². The van der Waals surface area contributed by atoms with Crippen molar-refractivity contribution in [2.24, 2.45) is 5.92 Å². The van der Waals surface area contributed by atoms with Crippen molar-refractivity contribution in [1.29, 1.82) is 5.26 Å². The van der Waals surface area contributed by atoms with Crippen molar-refractivity contribution in [2.45, 2.75) is 12.8 Å². The van der Waals surface area contributed by atoms with Gasteiger partial charge >= 0.3 is 5.97 Å². The molecule has 1 saturated heterocycles. The lowest BCUT2D eigenvalue weighted by Crippen LogP contribution is -2.41. The maximum atomic E-state index is 12.1. The highest BCUT2D eigenvalue weighted by atomic mass is 16.4. The van der Waals surface area contributed by atoms with Crippen LogP contribution in [-0.4, -0.2) is 41.4 Å². The van der Waals surface area contributed by atoms with E-state index >= 15 is 0 Å². The number of carboxylic acid groups (broad SMARTS) is 1. The number of aliphatic carboxylic acids is 1. The zero-order valence-corrected chi connectivity index (χ0v) is 11.1. The Bertz CT molecular complexity index is 545. The first-order valence-electron chi connectivity index (χ1n) is 6.58. The molecule has 0 spiro atoms. The molecule has 1 aromatic carbocycles. The molecule has 1 aliphatic rings. The molecule has 0 saturated carbocycles. The summed E-state index contributed by atoms with van der Waals surface area (Å²) in [6.45, 7) is 1.42. The molecule has 0 aromatic heterocycles.